The predicted octanol–water partition coefficient (Wildman–Crippen LogP) is 3.61. The van der Waals surface area contributed by atoms with E-state index in [1.165, 1.54) is 11.1 Å². The molecular formula is C15H21NOS. The Kier molecular flexibility index (Phi) is 4.00. The van der Waals surface area contributed by atoms with E-state index in [2.05, 4.69) is 45.0 Å². The summed E-state index contributed by atoms with van der Waals surface area (Å²) >= 11 is 1.77. The minimum Gasteiger partial charge on any atom is -0.325 e. The molecule has 1 saturated heterocycles. The maximum atomic E-state index is 12.2. The van der Waals surface area contributed by atoms with Gasteiger partial charge in [-0.25, -0.2) is 0 Å². The number of aryl methyl sites for hydroxylation is 1. The van der Waals surface area contributed by atoms with Crippen molar-refractivity contribution in [2.45, 2.75) is 38.3 Å². The van der Waals surface area contributed by atoms with Crippen LogP contribution in [0, 0.1) is 12.8 Å². The van der Waals surface area contributed by atoms with Crippen molar-refractivity contribution in [1.82, 2.24) is 4.90 Å². The van der Waals surface area contributed by atoms with Crippen molar-refractivity contribution in [3.63, 3.8) is 0 Å². The molecule has 1 aromatic rings. The average Bonchev–Trinajstić information content (AvgIpc) is 2.57. The van der Waals surface area contributed by atoms with Crippen molar-refractivity contribution in [1.29, 1.82) is 0 Å². The number of rotatable bonds is 3. The lowest BCUT2D eigenvalue weighted by Gasteiger charge is -2.26. The quantitative estimate of drug-likeness (QED) is 0.830. The van der Waals surface area contributed by atoms with Crippen LogP contribution in [-0.4, -0.2) is 22.6 Å². The van der Waals surface area contributed by atoms with E-state index in [1.54, 1.807) is 11.8 Å². The molecule has 0 bridgehead atoms. The topological polar surface area (TPSA) is 20.3 Å². The molecule has 1 aromatic carbocycles. The SMILES string of the molecule is Cc1ccccc1[C@@H]1S[C@H](C)C(=O)N1CC(C)C. The minimum absolute atomic E-state index is 0.0772. The van der Waals surface area contributed by atoms with Gasteiger partial charge in [-0.15, -0.1) is 11.8 Å². The lowest BCUT2D eigenvalue weighted by molar-refractivity contribution is -0.130. The first kappa shape index (κ1) is 13.5. The van der Waals surface area contributed by atoms with Crippen LogP contribution in [0.3, 0.4) is 0 Å². The Bertz CT molecular complexity index is 444. The van der Waals surface area contributed by atoms with Crippen LogP contribution in [0.1, 0.15) is 37.3 Å². The van der Waals surface area contributed by atoms with E-state index in [4.69, 9.17) is 0 Å². The lowest BCUT2D eigenvalue weighted by atomic mass is 10.1. The molecule has 1 fully saturated rings. The number of benzene rings is 1. The third-order valence-corrected chi connectivity index (χ3v) is 4.64. The first-order chi connectivity index (χ1) is 8.50. The highest BCUT2D eigenvalue weighted by atomic mass is 32.2. The monoisotopic (exact) mass is 263 g/mol. The summed E-state index contributed by atoms with van der Waals surface area (Å²) in [5.74, 6) is 0.785. The molecule has 0 N–H and O–H groups in total. The molecule has 0 radical (unpaired) electrons. The smallest absolute Gasteiger partial charge is 0.236 e. The van der Waals surface area contributed by atoms with E-state index in [9.17, 15) is 4.79 Å². The Morgan fingerprint density at radius 1 is 1.33 bits per heavy atom. The van der Waals surface area contributed by atoms with Crippen LogP contribution in [0.2, 0.25) is 0 Å². The van der Waals surface area contributed by atoms with Gasteiger partial charge in [0.05, 0.1) is 5.25 Å². The first-order valence-electron chi connectivity index (χ1n) is 6.52. The highest BCUT2D eigenvalue weighted by molar-refractivity contribution is 8.01. The van der Waals surface area contributed by atoms with Crippen molar-refractivity contribution in [2.24, 2.45) is 5.92 Å². The molecule has 1 heterocycles. The second-order valence-electron chi connectivity index (χ2n) is 5.37. The molecule has 3 heteroatoms. The Morgan fingerprint density at radius 3 is 2.61 bits per heavy atom. The molecular weight excluding hydrogens is 242 g/mol. The van der Waals surface area contributed by atoms with Crippen LogP contribution in [0.4, 0.5) is 0 Å². The third kappa shape index (κ3) is 2.56. The van der Waals surface area contributed by atoms with Crippen LogP contribution in [0.15, 0.2) is 24.3 Å². The van der Waals surface area contributed by atoms with Crippen LogP contribution < -0.4 is 0 Å². The Hall–Kier alpha value is -0.960. The molecule has 2 rings (SSSR count). The highest BCUT2D eigenvalue weighted by Crippen LogP contribution is 2.44. The van der Waals surface area contributed by atoms with Gasteiger partial charge in [0.25, 0.3) is 0 Å². The largest absolute Gasteiger partial charge is 0.325 e. The fraction of sp³-hybridized carbons (Fsp3) is 0.533. The van der Waals surface area contributed by atoms with Crippen molar-refractivity contribution < 1.29 is 4.79 Å². The van der Waals surface area contributed by atoms with Gasteiger partial charge in [-0.1, -0.05) is 38.1 Å². The molecule has 0 aliphatic carbocycles. The number of thioether (sulfide) groups is 1. The number of carbonyl (C=O) groups is 1. The summed E-state index contributed by atoms with van der Waals surface area (Å²) in [6.07, 6.45) is 0. The van der Waals surface area contributed by atoms with Gasteiger partial charge in [0.15, 0.2) is 0 Å². The van der Waals surface area contributed by atoms with Gasteiger partial charge in [-0.3, -0.25) is 4.79 Å². The van der Waals surface area contributed by atoms with Gasteiger partial charge in [-0.2, -0.15) is 0 Å². The van der Waals surface area contributed by atoms with Gasteiger partial charge in [-0.05, 0) is 30.9 Å². The maximum absolute atomic E-state index is 12.2. The number of hydrogen-bond acceptors (Lipinski definition) is 2. The fourth-order valence-corrected chi connectivity index (χ4v) is 3.74. The molecule has 1 aliphatic heterocycles. The first-order valence-corrected chi connectivity index (χ1v) is 7.46. The fourth-order valence-electron chi connectivity index (χ4n) is 2.36. The van der Waals surface area contributed by atoms with E-state index in [0.29, 0.717) is 5.92 Å². The van der Waals surface area contributed by atoms with Crippen LogP contribution >= 0.6 is 11.8 Å². The van der Waals surface area contributed by atoms with Crippen LogP contribution in [-0.2, 0) is 4.79 Å². The van der Waals surface area contributed by atoms with E-state index < -0.39 is 0 Å². The zero-order chi connectivity index (χ0) is 13.3. The molecule has 18 heavy (non-hydrogen) atoms. The summed E-state index contributed by atoms with van der Waals surface area (Å²) in [6.45, 7) is 9.30. The Balaban J connectivity index is 2.31. The summed E-state index contributed by atoms with van der Waals surface area (Å²) < 4.78 is 0. The molecule has 0 saturated carbocycles. The Morgan fingerprint density at radius 2 is 2.00 bits per heavy atom. The average molecular weight is 263 g/mol. The molecule has 98 valence electrons. The van der Waals surface area contributed by atoms with Crippen molar-refractivity contribution in [3.8, 4) is 0 Å². The lowest BCUT2D eigenvalue weighted by Crippen LogP contribution is -2.33. The standard InChI is InChI=1S/C15H21NOS/c1-10(2)9-16-14(17)12(4)18-15(16)13-8-6-5-7-11(13)3/h5-8,10,12,15H,9H2,1-4H3/t12-,15+/m1/s1. The van der Waals surface area contributed by atoms with Gasteiger partial charge in [0, 0.05) is 6.54 Å². The number of hydrogen-bond donors (Lipinski definition) is 0. The number of nitrogens with zero attached hydrogens (tertiary/aromatic N) is 1. The van der Waals surface area contributed by atoms with E-state index in [0.717, 1.165) is 6.54 Å². The van der Waals surface area contributed by atoms with E-state index in [-0.39, 0.29) is 16.5 Å². The molecule has 2 nitrogen and oxygen atoms in total. The molecule has 2 atom stereocenters. The van der Waals surface area contributed by atoms with Gasteiger partial charge in [0.2, 0.25) is 5.91 Å². The van der Waals surface area contributed by atoms with E-state index >= 15 is 0 Å². The van der Waals surface area contributed by atoms with Gasteiger partial charge >= 0.3 is 0 Å². The van der Waals surface area contributed by atoms with Crippen LogP contribution in [0.25, 0.3) is 0 Å². The predicted molar refractivity (Wildman–Crippen MR) is 77.5 cm³/mol. The second-order valence-corrected chi connectivity index (χ2v) is 6.80. The third-order valence-electron chi connectivity index (χ3n) is 3.26. The van der Waals surface area contributed by atoms with Crippen molar-refractivity contribution in [2.75, 3.05) is 6.54 Å². The van der Waals surface area contributed by atoms with E-state index in [1.807, 2.05) is 11.8 Å². The number of amides is 1. The summed E-state index contributed by atoms with van der Waals surface area (Å²) in [5, 5.41) is 0.268. The van der Waals surface area contributed by atoms with Crippen molar-refractivity contribution >= 4 is 17.7 Å². The Labute approximate surface area is 114 Å². The molecule has 0 spiro atoms. The summed E-state index contributed by atoms with van der Waals surface area (Å²) in [5.41, 5.74) is 2.55. The molecule has 1 aliphatic rings. The zero-order valence-corrected chi connectivity index (χ0v) is 12.3. The summed E-state index contributed by atoms with van der Waals surface area (Å²) in [4.78, 5) is 14.3. The second kappa shape index (κ2) is 5.35. The molecule has 0 aromatic heterocycles. The summed E-state index contributed by atoms with van der Waals surface area (Å²) in [7, 11) is 0. The normalized spacial score (nSPS) is 24.1. The van der Waals surface area contributed by atoms with Crippen molar-refractivity contribution in [3.05, 3.63) is 35.4 Å². The maximum Gasteiger partial charge on any atom is 0.236 e. The number of carbonyl (C=O) groups excluding carboxylic acids is 1. The van der Waals surface area contributed by atoms with Gasteiger partial charge in [0.1, 0.15) is 5.37 Å². The zero-order valence-electron chi connectivity index (χ0n) is 11.5. The molecule has 0 unspecified atom stereocenters. The summed E-state index contributed by atoms with van der Waals surface area (Å²) in [6, 6.07) is 8.38. The van der Waals surface area contributed by atoms with Gasteiger partial charge < -0.3 is 4.90 Å². The molecule has 1 amide bonds. The highest BCUT2D eigenvalue weighted by Gasteiger charge is 2.38. The van der Waals surface area contributed by atoms with Crippen LogP contribution in [0.5, 0.6) is 0 Å². The minimum atomic E-state index is 0.0772.